The summed E-state index contributed by atoms with van der Waals surface area (Å²) in [6, 6.07) is 9.85. The number of fused-ring (bicyclic) bond motifs is 1. The third-order valence-electron chi connectivity index (χ3n) is 4.55. The van der Waals surface area contributed by atoms with Crippen molar-refractivity contribution < 1.29 is 9.90 Å². The van der Waals surface area contributed by atoms with Crippen molar-refractivity contribution in [1.82, 2.24) is 9.88 Å². The number of piperidine rings is 1. The number of likely N-dealkylation sites (tertiary alicyclic amines) is 1. The van der Waals surface area contributed by atoms with E-state index in [2.05, 4.69) is 4.98 Å². The van der Waals surface area contributed by atoms with Gasteiger partial charge in [0.05, 0.1) is 6.10 Å². The third-order valence-corrected chi connectivity index (χ3v) is 4.55. The molecule has 0 aliphatic carbocycles. The van der Waals surface area contributed by atoms with Crippen LogP contribution in [-0.2, 0) is 0 Å². The summed E-state index contributed by atoms with van der Waals surface area (Å²) in [5.41, 5.74) is 1.66. The van der Waals surface area contributed by atoms with Gasteiger partial charge in [-0.25, -0.2) is 0 Å². The molecule has 1 amide bonds. The molecule has 1 unspecified atom stereocenters. The lowest BCUT2D eigenvalue weighted by molar-refractivity contribution is 0.0451. The first kappa shape index (κ1) is 14.1. The lowest BCUT2D eigenvalue weighted by atomic mass is 9.90. The molecular weight excluding hydrogens is 264 g/mol. The van der Waals surface area contributed by atoms with Gasteiger partial charge in [-0.15, -0.1) is 0 Å². The monoisotopic (exact) mass is 286 g/mol. The maximum atomic E-state index is 12.5. The highest BCUT2D eigenvalue weighted by Gasteiger charge is 2.27. The van der Waals surface area contributed by atoms with Gasteiger partial charge in [0.15, 0.2) is 0 Å². The number of nitrogens with zero attached hydrogens (tertiary/aromatic N) is 1. The molecule has 1 aliphatic heterocycles. The van der Waals surface area contributed by atoms with Crippen LogP contribution in [-0.4, -0.2) is 40.1 Å². The number of amides is 1. The Balaban J connectivity index is 1.69. The minimum absolute atomic E-state index is 0.0654. The average molecular weight is 286 g/mol. The number of carbonyl (C=O) groups excluding carboxylic acids is 1. The minimum Gasteiger partial charge on any atom is -0.393 e. The molecule has 0 saturated carbocycles. The minimum atomic E-state index is -0.227. The zero-order valence-corrected chi connectivity index (χ0v) is 12.4. The van der Waals surface area contributed by atoms with Crippen LogP contribution in [0, 0.1) is 5.92 Å². The number of aromatic nitrogens is 1. The molecule has 1 saturated heterocycles. The Morgan fingerprint density at radius 1 is 1.38 bits per heavy atom. The maximum absolute atomic E-state index is 12.5. The van der Waals surface area contributed by atoms with Gasteiger partial charge in [-0.3, -0.25) is 4.79 Å². The number of aliphatic hydroxyl groups is 1. The highest BCUT2D eigenvalue weighted by Crippen LogP contribution is 2.24. The predicted octanol–water partition coefficient (Wildman–Crippen LogP) is 2.79. The fraction of sp³-hybridized carbons (Fsp3) is 0.471. The van der Waals surface area contributed by atoms with E-state index in [1.165, 1.54) is 0 Å². The number of hydrogen-bond donors (Lipinski definition) is 2. The molecule has 21 heavy (non-hydrogen) atoms. The van der Waals surface area contributed by atoms with Gasteiger partial charge < -0.3 is 15.0 Å². The molecule has 1 aromatic heterocycles. The molecule has 1 aromatic carbocycles. The molecule has 2 aromatic rings. The Bertz CT molecular complexity index is 594. The normalized spacial score (nSPS) is 18.1. The van der Waals surface area contributed by atoms with Gasteiger partial charge in [-0.2, -0.15) is 0 Å². The third kappa shape index (κ3) is 2.81. The predicted molar refractivity (Wildman–Crippen MR) is 83.2 cm³/mol. The molecule has 4 heteroatoms. The molecule has 2 N–H and O–H groups in total. The lowest BCUT2D eigenvalue weighted by Crippen LogP contribution is -2.41. The Hall–Kier alpha value is -1.81. The number of nitrogens with one attached hydrogen (secondary N) is 1. The summed E-state index contributed by atoms with van der Waals surface area (Å²) < 4.78 is 0. The fourth-order valence-electron chi connectivity index (χ4n) is 3.18. The number of H-pyrrole nitrogens is 1. The Kier molecular flexibility index (Phi) is 3.97. The van der Waals surface area contributed by atoms with E-state index >= 15 is 0 Å². The van der Waals surface area contributed by atoms with Crippen molar-refractivity contribution in [2.75, 3.05) is 13.1 Å². The van der Waals surface area contributed by atoms with E-state index in [9.17, 15) is 9.90 Å². The molecular formula is C17H22N2O2. The van der Waals surface area contributed by atoms with E-state index in [1.54, 1.807) is 0 Å². The standard InChI is InChI=1S/C17H22N2O2/c1-2-16(20)12-7-9-19(10-8-12)17(21)15-11-13-5-3-4-6-14(13)18-15/h3-6,11-12,16,18,20H,2,7-10H2,1H3. The van der Waals surface area contributed by atoms with Gasteiger partial charge in [0.25, 0.3) is 5.91 Å². The molecule has 1 aliphatic rings. The van der Waals surface area contributed by atoms with Gasteiger partial charge >= 0.3 is 0 Å². The molecule has 1 fully saturated rings. The van der Waals surface area contributed by atoms with Crippen molar-refractivity contribution in [1.29, 1.82) is 0 Å². The Morgan fingerprint density at radius 3 is 2.76 bits per heavy atom. The lowest BCUT2D eigenvalue weighted by Gasteiger charge is -2.33. The van der Waals surface area contributed by atoms with E-state index in [-0.39, 0.29) is 12.0 Å². The number of hydrogen-bond acceptors (Lipinski definition) is 2. The van der Waals surface area contributed by atoms with E-state index in [1.807, 2.05) is 42.2 Å². The second-order valence-corrected chi connectivity index (χ2v) is 5.88. The first-order chi connectivity index (χ1) is 10.2. The van der Waals surface area contributed by atoms with Crippen LogP contribution in [0.2, 0.25) is 0 Å². The zero-order valence-electron chi connectivity index (χ0n) is 12.4. The molecule has 0 radical (unpaired) electrons. The number of aromatic amines is 1. The molecule has 0 bridgehead atoms. The van der Waals surface area contributed by atoms with Crippen LogP contribution in [0.1, 0.15) is 36.7 Å². The van der Waals surface area contributed by atoms with Gasteiger partial charge in [0, 0.05) is 24.0 Å². The summed E-state index contributed by atoms with van der Waals surface area (Å²) >= 11 is 0. The second-order valence-electron chi connectivity index (χ2n) is 5.88. The summed E-state index contributed by atoms with van der Waals surface area (Å²) in [4.78, 5) is 17.6. The maximum Gasteiger partial charge on any atom is 0.270 e. The van der Waals surface area contributed by atoms with Crippen LogP contribution in [0.5, 0.6) is 0 Å². The van der Waals surface area contributed by atoms with E-state index in [0.717, 1.165) is 43.3 Å². The number of aliphatic hydroxyl groups excluding tert-OH is 1. The zero-order chi connectivity index (χ0) is 14.8. The topological polar surface area (TPSA) is 56.3 Å². The van der Waals surface area contributed by atoms with Gasteiger partial charge in [-0.1, -0.05) is 25.1 Å². The van der Waals surface area contributed by atoms with Crippen LogP contribution in [0.4, 0.5) is 0 Å². The van der Waals surface area contributed by atoms with Crippen molar-refractivity contribution in [3.05, 3.63) is 36.0 Å². The van der Waals surface area contributed by atoms with Crippen LogP contribution in [0.25, 0.3) is 10.9 Å². The van der Waals surface area contributed by atoms with Crippen LogP contribution in [0.3, 0.4) is 0 Å². The van der Waals surface area contributed by atoms with Gasteiger partial charge in [-0.05, 0) is 37.3 Å². The average Bonchev–Trinajstić information content (AvgIpc) is 2.97. The summed E-state index contributed by atoms with van der Waals surface area (Å²) in [5, 5.41) is 11.0. The van der Waals surface area contributed by atoms with Crippen molar-refractivity contribution >= 4 is 16.8 Å². The van der Waals surface area contributed by atoms with Crippen molar-refractivity contribution in [3.63, 3.8) is 0 Å². The first-order valence-corrected chi connectivity index (χ1v) is 7.74. The Morgan fingerprint density at radius 2 is 2.10 bits per heavy atom. The molecule has 3 rings (SSSR count). The van der Waals surface area contributed by atoms with Crippen LogP contribution in [0.15, 0.2) is 30.3 Å². The Labute approximate surface area is 124 Å². The van der Waals surface area contributed by atoms with Crippen molar-refractivity contribution in [2.45, 2.75) is 32.3 Å². The highest BCUT2D eigenvalue weighted by atomic mass is 16.3. The molecule has 1 atom stereocenters. The highest BCUT2D eigenvalue weighted by molar-refractivity contribution is 5.98. The van der Waals surface area contributed by atoms with E-state index < -0.39 is 0 Å². The first-order valence-electron chi connectivity index (χ1n) is 7.74. The second kappa shape index (κ2) is 5.90. The van der Waals surface area contributed by atoms with E-state index in [0.29, 0.717) is 11.6 Å². The van der Waals surface area contributed by atoms with Crippen LogP contribution < -0.4 is 0 Å². The molecule has 2 heterocycles. The van der Waals surface area contributed by atoms with Gasteiger partial charge in [0.2, 0.25) is 0 Å². The quantitative estimate of drug-likeness (QED) is 0.911. The number of benzene rings is 1. The summed E-state index contributed by atoms with van der Waals surface area (Å²) in [6.45, 7) is 3.47. The van der Waals surface area contributed by atoms with Gasteiger partial charge in [0.1, 0.15) is 5.69 Å². The SMILES string of the molecule is CCC(O)C1CCN(C(=O)c2cc3ccccc3[nH]2)CC1. The van der Waals surface area contributed by atoms with Crippen molar-refractivity contribution in [2.24, 2.45) is 5.92 Å². The fourth-order valence-corrected chi connectivity index (χ4v) is 3.18. The van der Waals surface area contributed by atoms with Crippen LogP contribution >= 0.6 is 0 Å². The molecule has 0 spiro atoms. The molecule has 4 nitrogen and oxygen atoms in total. The summed E-state index contributed by atoms with van der Waals surface area (Å²) in [7, 11) is 0. The number of carbonyl (C=O) groups is 1. The molecule has 112 valence electrons. The number of rotatable bonds is 3. The van der Waals surface area contributed by atoms with E-state index in [4.69, 9.17) is 0 Å². The summed E-state index contributed by atoms with van der Waals surface area (Å²) in [5.74, 6) is 0.400. The largest absolute Gasteiger partial charge is 0.393 e. The smallest absolute Gasteiger partial charge is 0.270 e. The number of para-hydroxylation sites is 1. The summed E-state index contributed by atoms with van der Waals surface area (Å²) in [6.07, 6.45) is 2.35. The van der Waals surface area contributed by atoms with Crippen molar-refractivity contribution in [3.8, 4) is 0 Å².